The molecule has 0 saturated heterocycles. The van der Waals surface area contributed by atoms with Gasteiger partial charge in [-0.3, -0.25) is 19.3 Å². The molecule has 0 saturated carbocycles. The molecule has 6 nitrogen and oxygen atoms in total. The van der Waals surface area contributed by atoms with E-state index < -0.39 is 12.0 Å². The van der Waals surface area contributed by atoms with Gasteiger partial charge in [0.1, 0.15) is 5.75 Å². The van der Waals surface area contributed by atoms with Crippen LogP contribution in [0, 0.1) is 0 Å². The zero-order chi connectivity index (χ0) is 24.5. The van der Waals surface area contributed by atoms with Gasteiger partial charge in [0.05, 0.1) is 17.4 Å². The van der Waals surface area contributed by atoms with Crippen LogP contribution in [0.5, 0.6) is 5.75 Å². The highest BCUT2D eigenvalue weighted by Gasteiger charge is 2.40. The van der Waals surface area contributed by atoms with E-state index >= 15 is 0 Å². The van der Waals surface area contributed by atoms with Crippen molar-refractivity contribution < 1.29 is 19.1 Å². The molecule has 35 heavy (non-hydrogen) atoms. The van der Waals surface area contributed by atoms with Gasteiger partial charge in [-0.25, -0.2) is 0 Å². The van der Waals surface area contributed by atoms with Crippen LogP contribution >= 0.6 is 0 Å². The SMILES string of the molecule is CC(=O)Oc1cccc([C@H]2C3=C(C[C@@H](c4ccccc4)CC3=O)Nc3ccccc3N2C(C)=O)c1. The maximum atomic E-state index is 13.8. The van der Waals surface area contributed by atoms with Crippen LogP contribution in [-0.2, 0) is 14.4 Å². The zero-order valence-electron chi connectivity index (χ0n) is 19.7. The summed E-state index contributed by atoms with van der Waals surface area (Å²) in [6.07, 6.45) is 0.998. The monoisotopic (exact) mass is 466 g/mol. The topological polar surface area (TPSA) is 75.7 Å². The Morgan fingerprint density at radius 2 is 1.60 bits per heavy atom. The second-order valence-electron chi connectivity index (χ2n) is 8.93. The molecule has 0 radical (unpaired) electrons. The smallest absolute Gasteiger partial charge is 0.308 e. The van der Waals surface area contributed by atoms with Gasteiger partial charge in [0.2, 0.25) is 5.91 Å². The highest BCUT2D eigenvalue weighted by molar-refractivity contribution is 6.06. The first kappa shape index (κ1) is 22.6. The predicted molar refractivity (Wildman–Crippen MR) is 134 cm³/mol. The maximum absolute atomic E-state index is 13.8. The summed E-state index contributed by atoms with van der Waals surface area (Å²) in [5.41, 5.74) is 4.68. The number of esters is 1. The van der Waals surface area contributed by atoms with Gasteiger partial charge in [-0.15, -0.1) is 0 Å². The summed E-state index contributed by atoms with van der Waals surface area (Å²) in [5.74, 6) is -0.211. The van der Waals surface area contributed by atoms with Crippen LogP contribution in [0.15, 0.2) is 90.1 Å². The van der Waals surface area contributed by atoms with Gasteiger partial charge in [-0.1, -0.05) is 54.6 Å². The summed E-state index contributed by atoms with van der Waals surface area (Å²) in [6, 6.07) is 24.0. The lowest BCUT2D eigenvalue weighted by atomic mass is 9.78. The van der Waals surface area contributed by atoms with Crippen LogP contribution in [0.2, 0.25) is 0 Å². The third-order valence-electron chi connectivity index (χ3n) is 6.53. The third-order valence-corrected chi connectivity index (χ3v) is 6.53. The summed E-state index contributed by atoms with van der Waals surface area (Å²) in [4.78, 5) is 40.2. The molecule has 3 aromatic carbocycles. The lowest BCUT2D eigenvalue weighted by molar-refractivity contribution is -0.132. The number of hydrogen-bond donors (Lipinski definition) is 1. The Balaban J connectivity index is 1.70. The summed E-state index contributed by atoms with van der Waals surface area (Å²) < 4.78 is 5.32. The first-order valence-electron chi connectivity index (χ1n) is 11.7. The summed E-state index contributed by atoms with van der Waals surface area (Å²) in [6.45, 7) is 2.85. The standard InChI is InChI=1S/C29H26N2O4/c1-18(32)31-26-14-7-6-13-24(26)30-25-16-22(20-9-4-3-5-10-20)17-27(34)28(25)29(31)21-11-8-12-23(15-21)35-19(2)33/h3-15,22,29-30H,16-17H2,1-2H3/t22-,29+/m1/s1. The number of carbonyl (C=O) groups is 3. The largest absolute Gasteiger partial charge is 0.427 e. The molecule has 176 valence electrons. The average molecular weight is 467 g/mol. The minimum Gasteiger partial charge on any atom is -0.427 e. The number of ketones is 1. The minimum atomic E-state index is -0.654. The maximum Gasteiger partial charge on any atom is 0.308 e. The number of para-hydroxylation sites is 2. The Hall–Kier alpha value is -4.19. The molecule has 1 N–H and O–H groups in total. The van der Waals surface area contributed by atoms with E-state index in [1.807, 2.05) is 48.5 Å². The second kappa shape index (κ2) is 9.22. The second-order valence-corrected chi connectivity index (χ2v) is 8.93. The Morgan fingerprint density at radius 3 is 2.34 bits per heavy atom. The number of ether oxygens (including phenoxy) is 1. The Labute approximate surface area is 204 Å². The molecule has 0 bridgehead atoms. The molecule has 0 aromatic heterocycles. The molecular formula is C29H26N2O4. The van der Waals surface area contributed by atoms with E-state index in [9.17, 15) is 14.4 Å². The van der Waals surface area contributed by atoms with E-state index in [0.717, 1.165) is 16.9 Å². The molecule has 1 aliphatic heterocycles. The van der Waals surface area contributed by atoms with Crippen molar-refractivity contribution in [2.45, 2.75) is 38.6 Å². The molecule has 0 unspecified atom stereocenters. The van der Waals surface area contributed by atoms with Gasteiger partial charge in [0.25, 0.3) is 0 Å². The summed E-state index contributed by atoms with van der Waals surface area (Å²) >= 11 is 0. The van der Waals surface area contributed by atoms with Crippen LogP contribution in [0.3, 0.4) is 0 Å². The van der Waals surface area contributed by atoms with Crippen molar-refractivity contribution in [1.29, 1.82) is 0 Å². The Morgan fingerprint density at radius 1 is 0.886 bits per heavy atom. The molecule has 0 fully saturated rings. The number of benzene rings is 3. The highest BCUT2D eigenvalue weighted by Crippen LogP contribution is 2.47. The molecule has 2 aliphatic rings. The quantitative estimate of drug-likeness (QED) is 0.406. The number of amides is 1. The van der Waals surface area contributed by atoms with Gasteiger partial charge >= 0.3 is 5.97 Å². The highest BCUT2D eigenvalue weighted by atomic mass is 16.5. The van der Waals surface area contributed by atoms with Gasteiger partial charge in [0.15, 0.2) is 5.78 Å². The van der Waals surface area contributed by atoms with E-state index in [4.69, 9.17) is 4.74 Å². The van der Waals surface area contributed by atoms with E-state index in [-0.39, 0.29) is 17.6 Å². The molecule has 0 spiro atoms. The van der Waals surface area contributed by atoms with Crippen molar-refractivity contribution in [3.05, 3.63) is 101 Å². The Kier molecular flexibility index (Phi) is 5.95. The average Bonchev–Trinajstić information content (AvgIpc) is 2.99. The van der Waals surface area contributed by atoms with E-state index in [2.05, 4.69) is 17.4 Å². The zero-order valence-corrected chi connectivity index (χ0v) is 19.7. The Bertz CT molecular complexity index is 1350. The molecule has 2 atom stereocenters. The van der Waals surface area contributed by atoms with Crippen molar-refractivity contribution >= 4 is 29.0 Å². The normalized spacial score (nSPS) is 19.3. The van der Waals surface area contributed by atoms with E-state index in [0.29, 0.717) is 35.4 Å². The lowest BCUT2D eigenvalue weighted by Crippen LogP contribution is -2.37. The molecule has 1 heterocycles. The molecular weight excluding hydrogens is 440 g/mol. The molecule has 3 aromatic rings. The van der Waals surface area contributed by atoms with Crippen molar-refractivity contribution in [1.82, 2.24) is 0 Å². The fraction of sp³-hybridized carbons (Fsp3) is 0.207. The number of allylic oxidation sites excluding steroid dienone is 1. The first-order chi connectivity index (χ1) is 16.9. The number of carbonyl (C=O) groups excluding carboxylic acids is 3. The molecule has 6 heteroatoms. The number of Topliss-reactive ketones (excluding diaryl/α,β-unsaturated/α-hetero) is 1. The van der Waals surface area contributed by atoms with Crippen LogP contribution in [0.1, 0.15) is 49.8 Å². The first-order valence-corrected chi connectivity index (χ1v) is 11.7. The fourth-order valence-electron chi connectivity index (χ4n) is 5.13. The van der Waals surface area contributed by atoms with Gasteiger partial charge in [-0.2, -0.15) is 0 Å². The van der Waals surface area contributed by atoms with E-state index in [1.54, 1.807) is 23.1 Å². The number of nitrogens with one attached hydrogen (secondary N) is 1. The summed E-state index contributed by atoms with van der Waals surface area (Å²) in [7, 11) is 0. The number of fused-ring (bicyclic) bond motifs is 1. The van der Waals surface area contributed by atoms with Crippen LogP contribution in [0.4, 0.5) is 11.4 Å². The number of nitrogens with zero attached hydrogens (tertiary/aromatic N) is 1. The molecule has 1 aliphatic carbocycles. The van der Waals surface area contributed by atoms with Gasteiger partial charge in [-0.05, 0) is 47.7 Å². The minimum absolute atomic E-state index is 0.00505. The third kappa shape index (κ3) is 4.35. The van der Waals surface area contributed by atoms with Crippen molar-refractivity contribution in [3.63, 3.8) is 0 Å². The van der Waals surface area contributed by atoms with Crippen molar-refractivity contribution in [2.24, 2.45) is 0 Å². The summed E-state index contributed by atoms with van der Waals surface area (Å²) in [5, 5.41) is 3.50. The number of anilines is 2. The van der Waals surface area contributed by atoms with Crippen molar-refractivity contribution in [2.75, 3.05) is 10.2 Å². The predicted octanol–water partition coefficient (Wildman–Crippen LogP) is 5.53. The van der Waals surface area contributed by atoms with Crippen LogP contribution in [-0.4, -0.2) is 17.7 Å². The van der Waals surface area contributed by atoms with Crippen LogP contribution in [0.25, 0.3) is 0 Å². The van der Waals surface area contributed by atoms with Gasteiger partial charge in [0, 0.05) is 31.5 Å². The van der Waals surface area contributed by atoms with Gasteiger partial charge < -0.3 is 10.1 Å². The lowest BCUT2D eigenvalue weighted by Gasteiger charge is -2.34. The van der Waals surface area contributed by atoms with Crippen molar-refractivity contribution in [3.8, 4) is 5.75 Å². The molecule has 5 rings (SSSR count). The number of hydrogen-bond acceptors (Lipinski definition) is 5. The number of rotatable bonds is 3. The molecule has 1 amide bonds. The van der Waals surface area contributed by atoms with E-state index in [1.165, 1.54) is 13.8 Å². The van der Waals surface area contributed by atoms with Crippen LogP contribution < -0.4 is 15.0 Å². The fourth-order valence-corrected chi connectivity index (χ4v) is 5.13.